The van der Waals surface area contributed by atoms with Gasteiger partial charge in [-0.3, -0.25) is 18.6 Å². The first kappa shape index (κ1) is 55.5. The van der Waals surface area contributed by atoms with Crippen LogP contribution in [0.1, 0.15) is 168 Å². The molecule has 58 heavy (non-hydrogen) atoms. The number of ether oxygens (including phenoxy) is 2. The number of unbranched alkanes of at least 4 members (excludes halogenated alkanes) is 14. The van der Waals surface area contributed by atoms with Crippen LogP contribution in [0.25, 0.3) is 0 Å². The number of hydrogen-bond acceptors (Lipinski definition) is 7. The normalized spacial score (nSPS) is 14.2. The Hall–Kier alpha value is -2.55. The molecular weight excluding hydrogens is 750 g/mol. The van der Waals surface area contributed by atoms with Crippen molar-refractivity contribution in [2.24, 2.45) is 0 Å². The van der Waals surface area contributed by atoms with Gasteiger partial charge in [0, 0.05) is 12.8 Å². The number of allylic oxidation sites excluding steroid dienone is 12. The topological polar surface area (TPSA) is 108 Å². The summed E-state index contributed by atoms with van der Waals surface area (Å²) in [5, 5.41) is 0. The van der Waals surface area contributed by atoms with Crippen LogP contribution in [-0.4, -0.2) is 74.9 Å². The average Bonchev–Trinajstić information content (AvgIpc) is 3.17. The number of quaternary nitrogens is 1. The van der Waals surface area contributed by atoms with Crippen molar-refractivity contribution in [1.29, 1.82) is 0 Å². The molecule has 0 bridgehead atoms. The van der Waals surface area contributed by atoms with Crippen LogP contribution in [0.2, 0.25) is 0 Å². The van der Waals surface area contributed by atoms with Gasteiger partial charge in [-0.15, -0.1) is 0 Å². The zero-order valence-electron chi connectivity index (χ0n) is 37.5. The van der Waals surface area contributed by atoms with Crippen LogP contribution in [0.5, 0.6) is 0 Å². The van der Waals surface area contributed by atoms with E-state index in [-0.39, 0.29) is 32.0 Å². The van der Waals surface area contributed by atoms with Crippen LogP contribution in [0.15, 0.2) is 72.9 Å². The first-order valence-corrected chi connectivity index (χ1v) is 24.2. The summed E-state index contributed by atoms with van der Waals surface area (Å²) in [6, 6.07) is 0. The van der Waals surface area contributed by atoms with Gasteiger partial charge in [0.05, 0.1) is 27.7 Å². The highest BCUT2D eigenvalue weighted by Gasteiger charge is 2.27. The van der Waals surface area contributed by atoms with E-state index in [1.165, 1.54) is 51.4 Å². The number of phosphoric ester groups is 1. The Bertz CT molecular complexity index is 1220. The number of nitrogens with zero attached hydrogens (tertiary/aromatic N) is 1. The van der Waals surface area contributed by atoms with Gasteiger partial charge < -0.3 is 18.9 Å². The molecule has 10 heteroatoms. The summed E-state index contributed by atoms with van der Waals surface area (Å²) in [4.78, 5) is 35.4. The number of carbonyl (C=O) groups excluding carboxylic acids is 2. The van der Waals surface area contributed by atoms with Gasteiger partial charge in [0.15, 0.2) is 6.10 Å². The predicted molar refractivity (Wildman–Crippen MR) is 242 cm³/mol. The third-order valence-corrected chi connectivity index (χ3v) is 10.2. The van der Waals surface area contributed by atoms with Crippen molar-refractivity contribution in [3.8, 4) is 0 Å². The summed E-state index contributed by atoms with van der Waals surface area (Å²) in [5.74, 6) is -0.849. The molecule has 0 aromatic carbocycles. The van der Waals surface area contributed by atoms with Gasteiger partial charge in [0.25, 0.3) is 0 Å². The van der Waals surface area contributed by atoms with E-state index in [0.717, 1.165) is 83.5 Å². The van der Waals surface area contributed by atoms with E-state index in [1.807, 2.05) is 21.1 Å². The molecule has 2 atom stereocenters. The third-order valence-electron chi connectivity index (χ3n) is 9.19. The molecule has 0 rings (SSSR count). The fourth-order valence-electron chi connectivity index (χ4n) is 5.62. The predicted octanol–water partition coefficient (Wildman–Crippen LogP) is 13.0. The lowest BCUT2D eigenvalue weighted by Gasteiger charge is -2.24. The highest BCUT2D eigenvalue weighted by atomic mass is 31.2. The van der Waals surface area contributed by atoms with Crippen molar-refractivity contribution in [1.82, 2.24) is 0 Å². The van der Waals surface area contributed by atoms with Crippen LogP contribution in [0, 0.1) is 0 Å². The van der Waals surface area contributed by atoms with Gasteiger partial charge in [-0.05, 0) is 83.5 Å². The molecule has 0 saturated heterocycles. The monoisotopic (exact) mass is 835 g/mol. The number of esters is 2. The number of hydrogen-bond donors (Lipinski definition) is 1. The van der Waals surface area contributed by atoms with E-state index in [0.29, 0.717) is 17.4 Å². The lowest BCUT2D eigenvalue weighted by Crippen LogP contribution is -2.37. The maximum absolute atomic E-state index is 12.7. The molecule has 334 valence electrons. The van der Waals surface area contributed by atoms with E-state index >= 15 is 0 Å². The van der Waals surface area contributed by atoms with Crippen LogP contribution >= 0.6 is 7.82 Å². The maximum Gasteiger partial charge on any atom is 0.472 e. The van der Waals surface area contributed by atoms with Gasteiger partial charge in [-0.1, -0.05) is 145 Å². The van der Waals surface area contributed by atoms with Crippen LogP contribution < -0.4 is 0 Å². The molecule has 1 unspecified atom stereocenters. The maximum atomic E-state index is 12.7. The van der Waals surface area contributed by atoms with E-state index in [4.69, 9.17) is 18.5 Å². The van der Waals surface area contributed by atoms with Crippen molar-refractivity contribution in [3.63, 3.8) is 0 Å². The molecular formula is C48H85NO8P+. The molecule has 0 heterocycles. The number of carbonyl (C=O) groups is 2. The Morgan fingerprint density at radius 3 is 1.47 bits per heavy atom. The van der Waals surface area contributed by atoms with Gasteiger partial charge in [-0.2, -0.15) is 0 Å². The Morgan fingerprint density at radius 1 is 0.534 bits per heavy atom. The largest absolute Gasteiger partial charge is 0.472 e. The second-order valence-corrected chi connectivity index (χ2v) is 17.5. The molecule has 1 N–H and O–H groups in total. The first-order chi connectivity index (χ1) is 28.0. The highest BCUT2D eigenvalue weighted by Crippen LogP contribution is 2.43. The standard InChI is InChI=1S/C48H84NO8P/c1-6-8-10-12-14-16-18-20-22-24-26-28-30-32-34-36-38-40-47(50)54-44-46(45-56-58(52,53)55-43-42-49(3,4)5)57-48(51)41-39-37-35-33-31-29-27-25-23-21-19-17-15-13-11-9-7-2/h11,13-14,16-17,19-20,22-23,25,29,31,46H,6-10,12,15,18,21,24,26-28,30,32-45H2,1-5H3/p+1/b13-11+,16-14+,19-17+,22-20+,25-23+,31-29+/t46-/m1/s1. The summed E-state index contributed by atoms with van der Waals surface area (Å²) in [7, 11) is 1.44. The van der Waals surface area contributed by atoms with Crippen molar-refractivity contribution >= 4 is 19.8 Å². The quantitative estimate of drug-likeness (QED) is 0.0214. The first-order valence-electron chi connectivity index (χ1n) is 22.7. The molecule has 0 aromatic heterocycles. The van der Waals surface area contributed by atoms with Crippen molar-refractivity contribution in [2.75, 3.05) is 47.5 Å². The molecule has 0 aromatic rings. The average molecular weight is 835 g/mol. The zero-order valence-corrected chi connectivity index (χ0v) is 38.4. The molecule has 0 saturated carbocycles. The zero-order chi connectivity index (χ0) is 42.8. The van der Waals surface area contributed by atoms with E-state index in [9.17, 15) is 19.0 Å². The Morgan fingerprint density at radius 2 is 0.966 bits per heavy atom. The number of likely N-dealkylation sites (N-methyl/N-ethyl adjacent to an activating group) is 1. The minimum atomic E-state index is -4.39. The number of rotatable bonds is 40. The molecule has 0 aliphatic heterocycles. The lowest BCUT2D eigenvalue weighted by molar-refractivity contribution is -0.870. The van der Waals surface area contributed by atoms with E-state index in [2.05, 4.69) is 86.8 Å². The van der Waals surface area contributed by atoms with E-state index in [1.54, 1.807) is 0 Å². The molecule has 0 radical (unpaired) electrons. The summed E-state index contributed by atoms with van der Waals surface area (Å²) >= 11 is 0. The summed E-state index contributed by atoms with van der Waals surface area (Å²) in [5.41, 5.74) is 0. The van der Waals surface area contributed by atoms with Crippen LogP contribution in [0.4, 0.5) is 0 Å². The smallest absolute Gasteiger partial charge is 0.462 e. The third kappa shape index (κ3) is 43.0. The van der Waals surface area contributed by atoms with Crippen molar-refractivity contribution in [2.45, 2.75) is 174 Å². The summed E-state index contributed by atoms with van der Waals surface area (Å²) in [6.45, 7) is 4.27. The molecule has 0 aliphatic rings. The number of phosphoric acid groups is 1. The van der Waals surface area contributed by atoms with Crippen LogP contribution in [0.3, 0.4) is 0 Å². The van der Waals surface area contributed by atoms with Gasteiger partial charge in [-0.25, -0.2) is 4.57 Å². The Balaban J connectivity index is 4.43. The van der Waals surface area contributed by atoms with Crippen molar-refractivity contribution < 1.29 is 42.1 Å². The molecule has 9 nitrogen and oxygen atoms in total. The fraction of sp³-hybridized carbons (Fsp3) is 0.708. The summed E-state index contributed by atoms with van der Waals surface area (Å²) < 4.78 is 34.3. The molecule has 0 fully saturated rings. The lowest BCUT2D eigenvalue weighted by atomic mass is 10.1. The molecule has 0 spiro atoms. The second kappa shape index (κ2) is 39.9. The van der Waals surface area contributed by atoms with E-state index < -0.39 is 26.5 Å². The second-order valence-electron chi connectivity index (χ2n) is 16.1. The Kier molecular flexibility index (Phi) is 38.1. The van der Waals surface area contributed by atoms with Crippen LogP contribution in [-0.2, 0) is 32.7 Å². The van der Waals surface area contributed by atoms with Crippen molar-refractivity contribution in [3.05, 3.63) is 72.9 Å². The highest BCUT2D eigenvalue weighted by molar-refractivity contribution is 7.47. The Labute approximate surface area is 355 Å². The molecule has 0 amide bonds. The minimum absolute atomic E-state index is 0.0202. The fourth-order valence-corrected chi connectivity index (χ4v) is 6.36. The summed E-state index contributed by atoms with van der Waals surface area (Å²) in [6.07, 6.45) is 49.4. The van der Waals surface area contributed by atoms with Gasteiger partial charge in [0.1, 0.15) is 19.8 Å². The molecule has 0 aliphatic carbocycles. The SMILES string of the molecule is CCC/C=C/C/C=C/C/C=C/C/C=C/CCCCCC(=O)O[C@H](COC(=O)CCCCCCCCC/C=C/C/C=C/CCCCC)COP(=O)(O)OCC[N+](C)(C)C. The van der Waals surface area contributed by atoms with Gasteiger partial charge >= 0.3 is 19.8 Å². The minimum Gasteiger partial charge on any atom is -0.462 e. The van der Waals surface area contributed by atoms with Gasteiger partial charge in [0.2, 0.25) is 0 Å².